The Labute approximate surface area is 134 Å². The molecule has 0 atom stereocenters. The second-order valence-corrected chi connectivity index (χ2v) is 4.97. The molecule has 0 saturated heterocycles. The number of benzene rings is 2. The van der Waals surface area contributed by atoms with Gasteiger partial charge in [-0.3, -0.25) is 14.9 Å². The highest BCUT2D eigenvalue weighted by atomic mass is 16.6. The quantitative estimate of drug-likeness (QED) is 0.606. The lowest BCUT2D eigenvalue weighted by Crippen LogP contribution is -2.30. The third-order valence-corrected chi connectivity index (χ3v) is 3.53. The van der Waals surface area contributed by atoms with Crippen molar-refractivity contribution in [1.82, 2.24) is 4.90 Å². The number of rotatable bonds is 6. The number of nitrogens with zero attached hydrogens (tertiary/aromatic N) is 2. The van der Waals surface area contributed by atoms with Gasteiger partial charge in [0.15, 0.2) is 0 Å². The standard InChI is InChI=1S/C17H18N2O4/c1-3-18(12-13-4-10-16(23-2)11-5-13)17(20)14-6-8-15(9-7-14)19(21)22/h4-11H,3,12H2,1-2H3. The van der Waals surface area contributed by atoms with E-state index in [0.717, 1.165) is 11.3 Å². The van der Waals surface area contributed by atoms with Gasteiger partial charge in [-0.1, -0.05) is 12.1 Å². The van der Waals surface area contributed by atoms with Crippen molar-refractivity contribution in [3.05, 3.63) is 69.8 Å². The molecule has 0 unspecified atom stereocenters. The predicted octanol–water partition coefficient (Wildman–Crippen LogP) is 3.27. The van der Waals surface area contributed by atoms with E-state index in [2.05, 4.69) is 0 Å². The van der Waals surface area contributed by atoms with E-state index in [-0.39, 0.29) is 11.6 Å². The molecule has 6 heteroatoms. The molecule has 0 radical (unpaired) electrons. The summed E-state index contributed by atoms with van der Waals surface area (Å²) in [5.41, 5.74) is 1.40. The number of non-ortho nitro benzene ring substituents is 1. The number of carbonyl (C=O) groups is 1. The Morgan fingerprint density at radius 2 is 1.74 bits per heavy atom. The molecule has 1 amide bonds. The van der Waals surface area contributed by atoms with Crippen LogP contribution in [0, 0.1) is 10.1 Å². The van der Waals surface area contributed by atoms with Crippen molar-refractivity contribution in [2.75, 3.05) is 13.7 Å². The van der Waals surface area contributed by atoms with E-state index in [4.69, 9.17) is 4.74 Å². The van der Waals surface area contributed by atoms with E-state index in [9.17, 15) is 14.9 Å². The number of nitro benzene ring substituents is 1. The Bertz CT molecular complexity index is 681. The van der Waals surface area contributed by atoms with Gasteiger partial charge in [0.2, 0.25) is 0 Å². The first-order valence-corrected chi connectivity index (χ1v) is 7.21. The van der Waals surface area contributed by atoms with Crippen molar-refractivity contribution in [2.24, 2.45) is 0 Å². The van der Waals surface area contributed by atoms with Crippen LogP contribution in [0.1, 0.15) is 22.8 Å². The maximum Gasteiger partial charge on any atom is 0.269 e. The Hall–Kier alpha value is -2.89. The zero-order valence-corrected chi connectivity index (χ0v) is 13.1. The largest absolute Gasteiger partial charge is 0.497 e. The Morgan fingerprint density at radius 3 is 2.22 bits per heavy atom. The van der Waals surface area contributed by atoms with Crippen molar-refractivity contribution >= 4 is 11.6 Å². The molecule has 2 rings (SSSR count). The van der Waals surface area contributed by atoms with Crippen LogP contribution in [0.5, 0.6) is 5.75 Å². The molecular formula is C17H18N2O4. The molecule has 0 aliphatic heterocycles. The first kappa shape index (κ1) is 16.5. The highest BCUT2D eigenvalue weighted by Gasteiger charge is 2.16. The van der Waals surface area contributed by atoms with E-state index in [1.54, 1.807) is 12.0 Å². The normalized spacial score (nSPS) is 10.2. The minimum absolute atomic E-state index is 0.0280. The van der Waals surface area contributed by atoms with E-state index in [1.807, 2.05) is 31.2 Å². The summed E-state index contributed by atoms with van der Waals surface area (Å²) in [5.74, 6) is 0.608. The lowest BCUT2D eigenvalue weighted by Gasteiger charge is -2.21. The average molecular weight is 314 g/mol. The van der Waals surface area contributed by atoms with E-state index in [1.165, 1.54) is 24.3 Å². The van der Waals surface area contributed by atoms with E-state index < -0.39 is 4.92 Å². The summed E-state index contributed by atoms with van der Waals surface area (Å²) in [7, 11) is 1.60. The summed E-state index contributed by atoms with van der Waals surface area (Å²) >= 11 is 0. The first-order valence-electron chi connectivity index (χ1n) is 7.21. The van der Waals surface area contributed by atoms with Crippen LogP contribution in [0.2, 0.25) is 0 Å². The van der Waals surface area contributed by atoms with E-state index in [0.29, 0.717) is 18.7 Å². The summed E-state index contributed by atoms with van der Waals surface area (Å²) in [4.78, 5) is 24.4. The molecule has 120 valence electrons. The molecule has 0 aromatic heterocycles. The monoisotopic (exact) mass is 314 g/mol. The van der Waals surface area contributed by atoms with Crippen molar-refractivity contribution in [2.45, 2.75) is 13.5 Å². The van der Waals surface area contributed by atoms with Crippen LogP contribution in [0.3, 0.4) is 0 Å². The van der Waals surface area contributed by atoms with Crippen molar-refractivity contribution < 1.29 is 14.5 Å². The number of methoxy groups -OCH3 is 1. The fourth-order valence-corrected chi connectivity index (χ4v) is 2.19. The topological polar surface area (TPSA) is 72.7 Å². The molecule has 6 nitrogen and oxygen atoms in total. The first-order chi connectivity index (χ1) is 11.0. The summed E-state index contributed by atoms with van der Waals surface area (Å²) in [6, 6.07) is 13.2. The van der Waals surface area contributed by atoms with Crippen LogP contribution in [-0.2, 0) is 6.54 Å². The molecule has 0 fully saturated rings. The molecule has 0 heterocycles. The van der Waals surface area contributed by atoms with Crippen LogP contribution in [-0.4, -0.2) is 29.4 Å². The maximum atomic E-state index is 12.5. The lowest BCUT2D eigenvalue weighted by atomic mass is 10.1. The number of amides is 1. The predicted molar refractivity (Wildman–Crippen MR) is 86.5 cm³/mol. The zero-order chi connectivity index (χ0) is 16.8. The lowest BCUT2D eigenvalue weighted by molar-refractivity contribution is -0.384. The van der Waals surface area contributed by atoms with Crippen molar-refractivity contribution in [1.29, 1.82) is 0 Å². The fourth-order valence-electron chi connectivity index (χ4n) is 2.19. The summed E-state index contributed by atoms with van der Waals surface area (Å²) in [6.45, 7) is 2.91. The van der Waals surface area contributed by atoms with Crippen LogP contribution in [0.25, 0.3) is 0 Å². The summed E-state index contributed by atoms with van der Waals surface area (Å²) in [5, 5.41) is 10.7. The second-order valence-electron chi connectivity index (χ2n) is 4.97. The molecule has 0 saturated carbocycles. The second kappa shape index (κ2) is 7.40. The van der Waals surface area contributed by atoms with Gasteiger partial charge in [0, 0.05) is 30.8 Å². The Morgan fingerprint density at radius 1 is 1.13 bits per heavy atom. The summed E-state index contributed by atoms with van der Waals surface area (Å²) < 4.78 is 5.11. The molecule has 0 N–H and O–H groups in total. The van der Waals surface area contributed by atoms with Gasteiger partial charge in [0.05, 0.1) is 12.0 Å². The van der Waals surface area contributed by atoms with Crippen LogP contribution in [0.4, 0.5) is 5.69 Å². The minimum atomic E-state index is -0.483. The number of nitro groups is 1. The van der Waals surface area contributed by atoms with Gasteiger partial charge in [0.1, 0.15) is 5.75 Å². The third-order valence-electron chi connectivity index (χ3n) is 3.53. The Kier molecular flexibility index (Phi) is 5.30. The molecule has 0 spiro atoms. The van der Waals surface area contributed by atoms with Gasteiger partial charge in [0.25, 0.3) is 11.6 Å². The highest BCUT2D eigenvalue weighted by molar-refractivity contribution is 5.94. The number of ether oxygens (including phenoxy) is 1. The molecule has 0 aliphatic carbocycles. The SMILES string of the molecule is CCN(Cc1ccc(OC)cc1)C(=O)c1ccc([N+](=O)[O-])cc1. The molecule has 0 aliphatic rings. The van der Waals surface area contributed by atoms with Crippen LogP contribution >= 0.6 is 0 Å². The van der Waals surface area contributed by atoms with Gasteiger partial charge in [-0.2, -0.15) is 0 Å². The fraction of sp³-hybridized carbons (Fsp3) is 0.235. The van der Waals surface area contributed by atoms with Crippen molar-refractivity contribution in [3.63, 3.8) is 0 Å². The van der Waals surface area contributed by atoms with Crippen LogP contribution in [0.15, 0.2) is 48.5 Å². The van der Waals surface area contributed by atoms with Gasteiger partial charge >= 0.3 is 0 Å². The van der Waals surface area contributed by atoms with Crippen LogP contribution < -0.4 is 4.74 Å². The van der Waals surface area contributed by atoms with Gasteiger partial charge in [-0.25, -0.2) is 0 Å². The molecule has 2 aromatic carbocycles. The minimum Gasteiger partial charge on any atom is -0.497 e. The number of carbonyl (C=O) groups excluding carboxylic acids is 1. The molecule has 23 heavy (non-hydrogen) atoms. The molecule has 2 aromatic rings. The maximum absolute atomic E-state index is 12.5. The van der Waals surface area contributed by atoms with Gasteiger partial charge in [-0.05, 0) is 36.8 Å². The molecular weight excluding hydrogens is 296 g/mol. The third kappa shape index (κ3) is 4.06. The molecule has 0 bridgehead atoms. The van der Waals surface area contributed by atoms with Gasteiger partial charge < -0.3 is 9.64 Å². The smallest absolute Gasteiger partial charge is 0.269 e. The average Bonchev–Trinajstić information content (AvgIpc) is 2.59. The van der Waals surface area contributed by atoms with Crippen molar-refractivity contribution in [3.8, 4) is 5.75 Å². The highest BCUT2D eigenvalue weighted by Crippen LogP contribution is 2.16. The number of hydrogen-bond acceptors (Lipinski definition) is 4. The Balaban J connectivity index is 2.12. The number of hydrogen-bond donors (Lipinski definition) is 0. The van der Waals surface area contributed by atoms with E-state index >= 15 is 0 Å². The zero-order valence-electron chi connectivity index (χ0n) is 13.1. The summed E-state index contributed by atoms with van der Waals surface area (Å²) in [6.07, 6.45) is 0. The van der Waals surface area contributed by atoms with Gasteiger partial charge in [-0.15, -0.1) is 0 Å².